The Bertz CT molecular complexity index is 2280. The summed E-state index contributed by atoms with van der Waals surface area (Å²) in [7, 11) is -6.88. The number of hydrogen-bond donors (Lipinski definition) is 5. The number of nitrogens with zero attached hydrogens (tertiary/aromatic N) is 4. The van der Waals surface area contributed by atoms with Gasteiger partial charge in [-0.2, -0.15) is 8.68 Å². The fourth-order valence-electron chi connectivity index (χ4n) is 7.01. The summed E-state index contributed by atoms with van der Waals surface area (Å²) >= 11 is 1.52. The molecule has 2 aliphatic rings. The summed E-state index contributed by atoms with van der Waals surface area (Å²) in [6.07, 6.45) is -2.24. The molecule has 4 atom stereocenters. The van der Waals surface area contributed by atoms with E-state index in [0.717, 1.165) is 11.7 Å². The number of rotatable bonds is 29. The molecule has 2 aliphatic heterocycles. The number of Topliss-reactive ketones (excluding diaryl/α,β-unsaturated/α-hetero) is 1. The first-order chi connectivity index (χ1) is 31.6. The second-order valence-electron chi connectivity index (χ2n) is 16.3. The fourth-order valence-corrected chi connectivity index (χ4v) is 12.7. The summed E-state index contributed by atoms with van der Waals surface area (Å²) in [6.45, 7) is 11.0. The Morgan fingerprint density at radius 3 is 2.34 bits per heavy atom. The number of carboxylic acid groups (broad SMARTS) is 2. The van der Waals surface area contributed by atoms with Crippen LogP contribution in [0.5, 0.6) is 5.88 Å². The van der Waals surface area contributed by atoms with Gasteiger partial charge in [0, 0.05) is 81.7 Å². The third kappa shape index (κ3) is 16.5. The summed E-state index contributed by atoms with van der Waals surface area (Å²) in [6, 6.07) is -0.439. The Labute approximate surface area is 398 Å². The molecule has 0 aliphatic carbocycles. The average Bonchev–Trinajstić information content (AvgIpc) is 3.95. The number of aromatic nitrogens is 2. The summed E-state index contributed by atoms with van der Waals surface area (Å²) < 4.78 is 93.6. The predicted molar refractivity (Wildman–Crippen MR) is 243 cm³/mol. The lowest BCUT2D eigenvalue weighted by molar-refractivity contribution is -0.157. The number of thiophene rings is 1. The first-order valence-corrected chi connectivity index (χ1v) is 26.1. The van der Waals surface area contributed by atoms with Crippen LogP contribution in [0.1, 0.15) is 84.7 Å². The van der Waals surface area contributed by atoms with Crippen molar-refractivity contribution in [3.8, 4) is 5.88 Å². The maximum Gasteiger partial charge on any atom is 0.331 e. The van der Waals surface area contributed by atoms with Crippen LogP contribution in [0.25, 0.3) is 0 Å². The number of hydrogen-bond acceptors (Lipinski definition) is 21. The summed E-state index contributed by atoms with van der Waals surface area (Å²) in [5.41, 5.74) is -1.05. The van der Waals surface area contributed by atoms with Crippen LogP contribution in [0.2, 0.25) is 0 Å². The van der Waals surface area contributed by atoms with Crippen LogP contribution in [0.4, 0.5) is 5.82 Å². The van der Waals surface area contributed by atoms with E-state index in [1.807, 2.05) is 11.8 Å². The van der Waals surface area contributed by atoms with E-state index in [1.165, 1.54) is 24.4 Å². The highest BCUT2D eigenvalue weighted by molar-refractivity contribution is 7.94. The minimum Gasteiger partial charge on any atom is -0.478 e. The van der Waals surface area contributed by atoms with Crippen molar-refractivity contribution < 1.29 is 74.7 Å². The number of esters is 2. The Hall–Kier alpha value is -4.19. The van der Waals surface area contributed by atoms with Gasteiger partial charge in [0.25, 0.3) is 25.9 Å². The van der Waals surface area contributed by atoms with Gasteiger partial charge in [0.2, 0.25) is 5.82 Å². The fraction of sp³-hybridized carbons (Fsp3) is 0.675. The molecule has 2 aromatic heterocycles. The summed E-state index contributed by atoms with van der Waals surface area (Å²) in [5.74, 6) is -4.43. The number of carbonyl (C=O) groups is 5. The maximum absolute atomic E-state index is 13.6. The van der Waals surface area contributed by atoms with Crippen LogP contribution in [-0.4, -0.2) is 166 Å². The van der Waals surface area contributed by atoms with Crippen molar-refractivity contribution in [1.29, 1.82) is 0 Å². The molecule has 2 aromatic rings. The number of carboxylic acids is 2. The van der Waals surface area contributed by atoms with Crippen molar-refractivity contribution >= 4 is 78.6 Å². The number of sulfonamides is 2. The first-order valence-electron chi connectivity index (χ1n) is 21.6. The molecule has 4 rings (SSSR count). The van der Waals surface area contributed by atoms with Crippen LogP contribution in [-0.2, 0) is 63.0 Å². The van der Waals surface area contributed by atoms with E-state index in [-0.39, 0.29) is 65.4 Å². The Kier molecular flexibility index (Phi) is 21.0. The van der Waals surface area contributed by atoms with Gasteiger partial charge in [-0.1, -0.05) is 13.8 Å². The van der Waals surface area contributed by atoms with Gasteiger partial charge in [-0.25, -0.2) is 31.1 Å². The van der Waals surface area contributed by atoms with Gasteiger partial charge in [-0.05, 0) is 52.6 Å². The van der Waals surface area contributed by atoms with Crippen molar-refractivity contribution in [2.75, 3.05) is 77.7 Å². The minimum absolute atomic E-state index is 0.0893. The smallest absolute Gasteiger partial charge is 0.331 e. The Morgan fingerprint density at radius 2 is 1.73 bits per heavy atom. The van der Waals surface area contributed by atoms with Crippen molar-refractivity contribution in [1.82, 2.24) is 28.4 Å². The SMILES string of the molecule is CCN[C@H]1CN(CCCOC)S(=O)(=O)c2sc(S(=O)(=O)NC(C)C(=O)CC(CC)OC(=O)CCC(=O)O[C@@H](CNC(C)(C)C/C(=C/C(=O)O)C(=O)O)COc3nsnc3N3CCOCC3)cc21. The van der Waals surface area contributed by atoms with E-state index >= 15 is 0 Å². The number of methoxy groups -OCH3 is 1. The molecule has 23 nitrogen and oxygen atoms in total. The van der Waals surface area contributed by atoms with Gasteiger partial charge >= 0.3 is 23.9 Å². The maximum atomic E-state index is 13.6. The minimum atomic E-state index is -4.39. The van der Waals surface area contributed by atoms with Crippen LogP contribution in [0.15, 0.2) is 26.1 Å². The molecule has 1 saturated heterocycles. The third-order valence-electron chi connectivity index (χ3n) is 10.5. The summed E-state index contributed by atoms with van der Waals surface area (Å²) in [4.78, 5) is 64.3. The van der Waals surface area contributed by atoms with E-state index in [2.05, 4.69) is 24.1 Å². The standard InChI is InChI=1S/C40H61N7O16S4/c1-7-27(19-31(48)25(3)45-66(55,56)35-20-29-30(41-8-2)23-47(12-9-15-59-6)67(57,58)39(29)64-35)62-33(51)10-11-34(52)63-28(22-42-40(4,5)21-26(38(53)54)18-32(49)50)24-61-37-36(43-65-44-37)46-13-16-60-17-14-46/h18,20,25,27-28,30,41-42,45H,7-17,19,21-24H2,1-6H3,(H,49,50)(H,53,54)/b26-18-/t25?,27?,28-,30-/m0/s1. The monoisotopic (exact) mass is 1020 g/mol. The average molecular weight is 1020 g/mol. The zero-order valence-corrected chi connectivity index (χ0v) is 41.6. The van der Waals surface area contributed by atoms with Crippen LogP contribution >= 0.6 is 23.1 Å². The molecule has 5 N–H and O–H groups in total. The molecule has 0 radical (unpaired) electrons. The van der Waals surface area contributed by atoms with Gasteiger partial charge < -0.3 is 49.4 Å². The Morgan fingerprint density at radius 1 is 1.06 bits per heavy atom. The first kappa shape index (κ1) is 55.4. The number of morpholine rings is 1. The zero-order valence-electron chi connectivity index (χ0n) is 38.3. The highest BCUT2D eigenvalue weighted by Gasteiger charge is 2.40. The third-order valence-corrected chi connectivity index (χ3v) is 16.6. The van der Waals surface area contributed by atoms with Crippen LogP contribution in [0, 0.1) is 0 Å². The van der Waals surface area contributed by atoms with Gasteiger partial charge in [-0.3, -0.25) is 14.4 Å². The van der Waals surface area contributed by atoms with Crippen LogP contribution < -0.4 is 25.0 Å². The molecule has 27 heteroatoms. The van der Waals surface area contributed by atoms with Crippen molar-refractivity contribution in [2.24, 2.45) is 0 Å². The highest BCUT2D eigenvalue weighted by atomic mass is 32.3. The number of carbonyl (C=O) groups excluding carboxylic acids is 3. The number of ketones is 1. The molecule has 0 aromatic carbocycles. The topological polar surface area (TPSA) is 309 Å². The number of fused-ring (bicyclic) bond motifs is 1. The largest absolute Gasteiger partial charge is 0.478 e. The Balaban J connectivity index is 1.35. The highest BCUT2D eigenvalue weighted by Crippen LogP contribution is 2.40. The number of likely N-dealkylation sites (N-methyl/N-ethyl adjacent to an activating group) is 1. The molecule has 67 heavy (non-hydrogen) atoms. The van der Waals surface area contributed by atoms with Gasteiger partial charge in [0.1, 0.15) is 27.2 Å². The lowest BCUT2D eigenvalue weighted by Gasteiger charge is -2.32. The van der Waals surface area contributed by atoms with Crippen molar-refractivity contribution in [2.45, 2.75) is 111 Å². The van der Waals surface area contributed by atoms with Crippen molar-refractivity contribution in [3.63, 3.8) is 0 Å². The normalized spacial score (nSPS) is 18.1. The van der Waals surface area contributed by atoms with Gasteiger partial charge in [-0.15, -0.1) is 15.7 Å². The molecular weight excluding hydrogens is 963 g/mol. The number of anilines is 1. The zero-order chi connectivity index (χ0) is 49.5. The second-order valence-corrected chi connectivity index (χ2v) is 22.0. The molecule has 2 unspecified atom stereocenters. The molecule has 0 amide bonds. The lowest BCUT2D eigenvalue weighted by atomic mass is 9.94. The van der Waals surface area contributed by atoms with Crippen molar-refractivity contribution in [3.05, 3.63) is 23.3 Å². The summed E-state index contributed by atoms with van der Waals surface area (Å²) in [5, 5.41) is 25.0. The van der Waals surface area contributed by atoms with E-state index in [4.69, 9.17) is 28.8 Å². The molecular formula is C40H61N7O16S4. The molecule has 376 valence electrons. The van der Waals surface area contributed by atoms with Gasteiger partial charge in [0.15, 0.2) is 5.78 Å². The van der Waals surface area contributed by atoms with E-state index in [0.29, 0.717) is 74.7 Å². The number of ether oxygens (including phenoxy) is 5. The molecule has 4 heterocycles. The second kappa shape index (κ2) is 25.4. The quantitative estimate of drug-likeness (QED) is 0.0440. The van der Waals surface area contributed by atoms with E-state index in [1.54, 1.807) is 20.8 Å². The predicted octanol–water partition coefficient (Wildman–Crippen LogP) is 1.70. The number of aliphatic carboxylic acids is 2. The molecule has 0 bridgehead atoms. The van der Waals surface area contributed by atoms with Crippen LogP contribution in [0.3, 0.4) is 0 Å². The lowest BCUT2D eigenvalue weighted by Crippen LogP contribution is -2.46. The number of nitrogens with one attached hydrogen (secondary N) is 3. The molecule has 0 spiro atoms. The van der Waals surface area contributed by atoms with E-state index < -0.39 is 92.4 Å². The van der Waals surface area contributed by atoms with Gasteiger partial charge in [0.05, 0.1) is 43.8 Å². The van der Waals surface area contributed by atoms with E-state index in [9.17, 15) is 45.9 Å². The molecule has 1 fully saturated rings. The molecule has 0 saturated carbocycles.